The molecule has 2 aliphatic heterocycles. The van der Waals surface area contributed by atoms with Gasteiger partial charge in [0.1, 0.15) is 11.4 Å². The highest BCUT2D eigenvalue weighted by Gasteiger charge is 2.42. The van der Waals surface area contributed by atoms with E-state index in [-0.39, 0.29) is 11.6 Å². The zero-order valence-corrected chi connectivity index (χ0v) is 11.3. The van der Waals surface area contributed by atoms with Gasteiger partial charge in [-0.3, -0.25) is 0 Å². The van der Waals surface area contributed by atoms with Gasteiger partial charge in [0.15, 0.2) is 0 Å². The fraction of sp³-hybridized carbons (Fsp3) is 0.500. The number of hydrogen-bond acceptors (Lipinski definition) is 3. The van der Waals surface area contributed by atoms with Crippen LogP contribution in [0.2, 0.25) is 0 Å². The first-order valence-corrected chi connectivity index (χ1v) is 7.45. The van der Waals surface area contributed by atoms with Gasteiger partial charge in [-0.25, -0.2) is 0 Å². The third-order valence-corrected chi connectivity index (χ3v) is 5.08. The van der Waals surface area contributed by atoms with Crippen molar-refractivity contribution < 1.29 is 4.74 Å². The zero-order valence-electron chi connectivity index (χ0n) is 8.91. The molecule has 2 aliphatic rings. The molecule has 0 radical (unpaired) electrons. The molecule has 0 bridgehead atoms. The minimum absolute atomic E-state index is 0.00211. The summed E-state index contributed by atoms with van der Waals surface area (Å²) in [7, 11) is 0. The summed E-state index contributed by atoms with van der Waals surface area (Å²) < 4.78 is 7.26. The third-order valence-electron chi connectivity index (χ3n) is 3.36. The number of nitrogens with two attached hydrogens (primary N) is 1. The van der Waals surface area contributed by atoms with Gasteiger partial charge in [0, 0.05) is 28.3 Å². The molecule has 1 unspecified atom stereocenters. The summed E-state index contributed by atoms with van der Waals surface area (Å²) in [5, 5.41) is 0. The van der Waals surface area contributed by atoms with Crippen LogP contribution in [-0.2, 0) is 0 Å². The third kappa shape index (κ3) is 1.77. The fourth-order valence-electron chi connectivity index (χ4n) is 2.52. The topological polar surface area (TPSA) is 35.2 Å². The van der Waals surface area contributed by atoms with Crippen molar-refractivity contribution >= 4 is 27.7 Å². The molecule has 1 spiro atoms. The SMILES string of the molecule is N[C@@H]1CC2(CCSC2)Oc2cc(Br)ccc21. The maximum absolute atomic E-state index is 6.25. The summed E-state index contributed by atoms with van der Waals surface area (Å²) in [5.74, 6) is 3.23. The van der Waals surface area contributed by atoms with E-state index in [9.17, 15) is 0 Å². The van der Waals surface area contributed by atoms with Gasteiger partial charge in [-0.15, -0.1) is 0 Å². The molecule has 1 aromatic carbocycles. The van der Waals surface area contributed by atoms with Crippen LogP contribution >= 0.6 is 27.7 Å². The molecule has 86 valence electrons. The molecule has 1 saturated heterocycles. The summed E-state index contributed by atoms with van der Waals surface area (Å²) in [4.78, 5) is 0. The standard InChI is InChI=1S/C12H14BrNOS/c13-8-1-2-9-10(14)6-12(3-4-16-7-12)15-11(9)5-8/h1-2,5,10H,3-4,6-7,14H2/t10-,12?/m1/s1. The Morgan fingerprint density at radius 3 is 3.12 bits per heavy atom. The van der Waals surface area contributed by atoms with E-state index in [4.69, 9.17) is 10.5 Å². The highest BCUT2D eigenvalue weighted by atomic mass is 79.9. The van der Waals surface area contributed by atoms with Crippen LogP contribution in [0.5, 0.6) is 5.75 Å². The highest BCUT2D eigenvalue weighted by Crippen LogP contribution is 2.45. The summed E-state index contributed by atoms with van der Waals surface area (Å²) in [6.45, 7) is 0. The molecule has 1 aromatic rings. The molecule has 0 aromatic heterocycles. The maximum atomic E-state index is 6.25. The number of thioether (sulfide) groups is 1. The molecule has 0 amide bonds. The molecule has 2 heterocycles. The van der Waals surface area contributed by atoms with E-state index in [1.54, 1.807) is 0 Å². The van der Waals surface area contributed by atoms with Gasteiger partial charge in [-0.05, 0) is 24.3 Å². The van der Waals surface area contributed by atoms with Gasteiger partial charge < -0.3 is 10.5 Å². The molecule has 0 saturated carbocycles. The summed E-state index contributed by atoms with van der Waals surface area (Å²) in [6.07, 6.45) is 2.08. The van der Waals surface area contributed by atoms with Gasteiger partial charge in [-0.1, -0.05) is 22.0 Å². The van der Waals surface area contributed by atoms with Crippen molar-refractivity contribution in [3.63, 3.8) is 0 Å². The normalized spacial score (nSPS) is 32.5. The Morgan fingerprint density at radius 2 is 2.38 bits per heavy atom. The monoisotopic (exact) mass is 299 g/mol. The van der Waals surface area contributed by atoms with Crippen molar-refractivity contribution in [3.8, 4) is 5.75 Å². The molecule has 4 heteroatoms. The van der Waals surface area contributed by atoms with Crippen LogP contribution in [0, 0.1) is 0 Å². The molecule has 3 rings (SSSR count). The second kappa shape index (κ2) is 3.93. The number of halogens is 1. The lowest BCUT2D eigenvalue weighted by atomic mass is 9.87. The molecule has 1 fully saturated rings. The lowest BCUT2D eigenvalue weighted by Gasteiger charge is -2.38. The predicted octanol–water partition coefficient (Wildman–Crippen LogP) is 3.11. The van der Waals surface area contributed by atoms with Crippen molar-refractivity contribution in [2.75, 3.05) is 11.5 Å². The van der Waals surface area contributed by atoms with E-state index in [1.807, 2.05) is 23.9 Å². The zero-order chi connectivity index (χ0) is 11.2. The number of fused-ring (bicyclic) bond motifs is 1. The van der Waals surface area contributed by atoms with Crippen molar-refractivity contribution in [3.05, 3.63) is 28.2 Å². The van der Waals surface area contributed by atoms with Crippen molar-refractivity contribution in [1.29, 1.82) is 0 Å². The Balaban J connectivity index is 2.00. The van der Waals surface area contributed by atoms with Gasteiger partial charge in [0.25, 0.3) is 0 Å². The first-order valence-electron chi connectivity index (χ1n) is 5.50. The quantitative estimate of drug-likeness (QED) is 0.799. The van der Waals surface area contributed by atoms with Crippen LogP contribution in [0.4, 0.5) is 0 Å². The van der Waals surface area contributed by atoms with Crippen LogP contribution in [-0.4, -0.2) is 17.1 Å². The summed E-state index contributed by atoms with van der Waals surface area (Å²) in [5.41, 5.74) is 7.39. The fourth-order valence-corrected chi connectivity index (χ4v) is 4.21. The minimum atomic E-state index is -0.00211. The lowest BCUT2D eigenvalue weighted by Crippen LogP contribution is -2.42. The molecule has 2 atom stereocenters. The van der Waals surface area contributed by atoms with Gasteiger partial charge in [-0.2, -0.15) is 11.8 Å². The van der Waals surface area contributed by atoms with Crippen molar-refractivity contribution in [1.82, 2.24) is 0 Å². The van der Waals surface area contributed by atoms with E-state index < -0.39 is 0 Å². The molecule has 0 aliphatic carbocycles. The Bertz CT molecular complexity index is 417. The Labute approximate surface area is 108 Å². The van der Waals surface area contributed by atoms with E-state index in [0.29, 0.717) is 0 Å². The first-order chi connectivity index (χ1) is 7.69. The van der Waals surface area contributed by atoms with Crippen LogP contribution in [0.1, 0.15) is 24.4 Å². The van der Waals surface area contributed by atoms with E-state index in [2.05, 4.69) is 22.0 Å². The lowest BCUT2D eigenvalue weighted by molar-refractivity contribution is 0.0615. The van der Waals surface area contributed by atoms with Gasteiger partial charge in [0.2, 0.25) is 0 Å². The number of ether oxygens (including phenoxy) is 1. The van der Waals surface area contributed by atoms with Crippen molar-refractivity contribution in [2.24, 2.45) is 5.73 Å². The van der Waals surface area contributed by atoms with Crippen LogP contribution in [0.3, 0.4) is 0 Å². The summed E-state index contributed by atoms with van der Waals surface area (Å²) in [6, 6.07) is 6.26. The molecular formula is C12H14BrNOS. The second-order valence-electron chi connectivity index (χ2n) is 4.58. The highest BCUT2D eigenvalue weighted by molar-refractivity contribution is 9.10. The van der Waals surface area contributed by atoms with Gasteiger partial charge >= 0.3 is 0 Å². The number of hydrogen-bond donors (Lipinski definition) is 1. The Hall–Kier alpha value is -0.190. The van der Waals surface area contributed by atoms with E-state index in [0.717, 1.165) is 34.4 Å². The Morgan fingerprint density at radius 1 is 1.50 bits per heavy atom. The van der Waals surface area contributed by atoms with Crippen LogP contribution in [0.25, 0.3) is 0 Å². The first kappa shape index (κ1) is 10.9. The molecular weight excluding hydrogens is 286 g/mol. The summed E-state index contributed by atoms with van der Waals surface area (Å²) >= 11 is 5.45. The Kier molecular flexibility index (Phi) is 2.68. The van der Waals surface area contributed by atoms with Crippen LogP contribution in [0.15, 0.2) is 22.7 Å². The van der Waals surface area contributed by atoms with Crippen LogP contribution < -0.4 is 10.5 Å². The minimum Gasteiger partial charge on any atom is -0.486 e. The maximum Gasteiger partial charge on any atom is 0.126 e. The molecule has 16 heavy (non-hydrogen) atoms. The predicted molar refractivity (Wildman–Crippen MR) is 71.0 cm³/mol. The average Bonchev–Trinajstić information content (AvgIpc) is 2.65. The van der Waals surface area contributed by atoms with E-state index in [1.165, 1.54) is 5.75 Å². The molecule has 2 N–H and O–H groups in total. The second-order valence-corrected chi connectivity index (χ2v) is 6.60. The molecule has 2 nitrogen and oxygen atoms in total. The average molecular weight is 300 g/mol. The van der Waals surface area contributed by atoms with E-state index >= 15 is 0 Å². The number of rotatable bonds is 0. The van der Waals surface area contributed by atoms with Gasteiger partial charge in [0.05, 0.1) is 0 Å². The largest absolute Gasteiger partial charge is 0.486 e. The van der Waals surface area contributed by atoms with Crippen molar-refractivity contribution in [2.45, 2.75) is 24.5 Å². The number of benzene rings is 1. The smallest absolute Gasteiger partial charge is 0.126 e.